The molecule has 1 saturated heterocycles. The fraction of sp³-hybridized carbons (Fsp3) is 0.500. The highest BCUT2D eigenvalue weighted by Crippen LogP contribution is 2.27. The first-order chi connectivity index (χ1) is 9.60. The smallest absolute Gasteiger partial charge is 0.260 e. The number of benzene rings is 1. The lowest BCUT2D eigenvalue weighted by molar-refractivity contribution is -0.134. The van der Waals surface area contributed by atoms with E-state index in [1.54, 1.807) is 18.2 Å². The molecule has 1 aliphatic heterocycles. The van der Waals surface area contributed by atoms with E-state index < -0.39 is 0 Å². The molecule has 1 fully saturated rings. The molecule has 0 radical (unpaired) electrons. The van der Waals surface area contributed by atoms with Crippen LogP contribution in [0.2, 0.25) is 10.0 Å². The molecule has 0 spiro atoms. The molecular formula is C14H19Cl3N2O2. The van der Waals surface area contributed by atoms with Crippen molar-refractivity contribution in [1.29, 1.82) is 0 Å². The summed E-state index contributed by atoms with van der Waals surface area (Å²) in [5.41, 5.74) is 0. The number of nitrogens with one attached hydrogen (secondary N) is 1. The minimum Gasteiger partial charge on any atom is -0.482 e. The first kappa shape index (κ1) is 18.4. The number of amides is 1. The van der Waals surface area contributed by atoms with Gasteiger partial charge < -0.3 is 15.0 Å². The second-order valence-electron chi connectivity index (χ2n) is 4.83. The van der Waals surface area contributed by atoms with Crippen molar-refractivity contribution in [1.82, 2.24) is 10.2 Å². The maximum absolute atomic E-state index is 12.1. The van der Waals surface area contributed by atoms with Gasteiger partial charge in [0.25, 0.3) is 5.91 Å². The van der Waals surface area contributed by atoms with Crippen LogP contribution in [0, 0.1) is 0 Å². The number of rotatable bonds is 4. The van der Waals surface area contributed by atoms with Crippen molar-refractivity contribution in [2.24, 2.45) is 0 Å². The fourth-order valence-corrected chi connectivity index (χ4v) is 2.59. The average molecular weight is 354 g/mol. The normalized spacial score (nSPS) is 18.0. The van der Waals surface area contributed by atoms with E-state index in [0.717, 1.165) is 25.9 Å². The maximum Gasteiger partial charge on any atom is 0.260 e. The van der Waals surface area contributed by atoms with E-state index in [1.165, 1.54) is 0 Å². The molecule has 0 aromatic heterocycles. The molecule has 118 valence electrons. The van der Waals surface area contributed by atoms with Crippen LogP contribution in [0.5, 0.6) is 5.75 Å². The SMILES string of the molecule is CNC1CCCN(C(=O)COc2cc(Cl)ccc2Cl)C1.Cl. The number of likely N-dealkylation sites (tertiary alicyclic amines) is 1. The molecular weight excluding hydrogens is 335 g/mol. The van der Waals surface area contributed by atoms with Crippen LogP contribution >= 0.6 is 35.6 Å². The first-order valence-corrected chi connectivity index (χ1v) is 7.38. The number of carbonyl (C=O) groups excluding carboxylic acids is 1. The zero-order chi connectivity index (χ0) is 14.5. The molecule has 1 amide bonds. The molecule has 2 rings (SSSR count). The Balaban J connectivity index is 0.00000220. The number of likely N-dealkylation sites (N-methyl/N-ethyl adjacent to an activating group) is 1. The molecule has 1 aliphatic rings. The minimum absolute atomic E-state index is 0. The van der Waals surface area contributed by atoms with Crippen LogP contribution in [-0.2, 0) is 4.79 Å². The number of hydrogen-bond acceptors (Lipinski definition) is 3. The second kappa shape index (κ2) is 8.69. The van der Waals surface area contributed by atoms with Gasteiger partial charge in [0, 0.05) is 30.2 Å². The number of halogens is 3. The van der Waals surface area contributed by atoms with Gasteiger partial charge >= 0.3 is 0 Å². The quantitative estimate of drug-likeness (QED) is 0.905. The Kier molecular flexibility index (Phi) is 7.60. The Morgan fingerprint density at radius 2 is 2.24 bits per heavy atom. The number of carbonyl (C=O) groups is 1. The predicted octanol–water partition coefficient (Wildman–Crippen LogP) is 3.00. The first-order valence-electron chi connectivity index (χ1n) is 6.63. The van der Waals surface area contributed by atoms with Crippen LogP contribution in [0.1, 0.15) is 12.8 Å². The van der Waals surface area contributed by atoms with Crippen LogP contribution in [0.3, 0.4) is 0 Å². The summed E-state index contributed by atoms with van der Waals surface area (Å²) < 4.78 is 5.47. The number of hydrogen-bond donors (Lipinski definition) is 1. The Morgan fingerprint density at radius 1 is 1.48 bits per heavy atom. The molecule has 0 bridgehead atoms. The highest BCUT2D eigenvalue weighted by molar-refractivity contribution is 6.34. The summed E-state index contributed by atoms with van der Waals surface area (Å²) in [6.45, 7) is 1.49. The summed E-state index contributed by atoms with van der Waals surface area (Å²) in [5, 5.41) is 4.19. The summed E-state index contributed by atoms with van der Waals surface area (Å²) in [4.78, 5) is 13.9. The standard InChI is InChI=1S/C14H18Cl2N2O2.ClH/c1-17-11-3-2-6-18(8-11)14(19)9-20-13-7-10(15)4-5-12(13)16;/h4-5,7,11,17H,2-3,6,8-9H2,1H3;1H. The van der Waals surface area contributed by atoms with Gasteiger partial charge in [-0.25, -0.2) is 0 Å². The Hall–Kier alpha value is -0.680. The zero-order valence-electron chi connectivity index (χ0n) is 11.8. The van der Waals surface area contributed by atoms with Crippen LogP contribution in [0.4, 0.5) is 0 Å². The van der Waals surface area contributed by atoms with Gasteiger partial charge in [0.2, 0.25) is 0 Å². The van der Waals surface area contributed by atoms with Crippen LogP contribution in [-0.4, -0.2) is 43.6 Å². The van der Waals surface area contributed by atoms with Crippen molar-refractivity contribution in [2.45, 2.75) is 18.9 Å². The average Bonchev–Trinajstić information content (AvgIpc) is 2.48. The van der Waals surface area contributed by atoms with Gasteiger partial charge in [0.05, 0.1) is 5.02 Å². The molecule has 21 heavy (non-hydrogen) atoms. The molecule has 1 heterocycles. The molecule has 1 unspecified atom stereocenters. The lowest BCUT2D eigenvalue weighted by atomic mass is 10.1. The Morgan fingerprint density at radius 3 is 2.95 bits per heavy atom. The van der Waals surface area contributed by atoms with Crippen molar-refractivity contribution < 1.29 is 9.53 Å². The van der Waals surface area contributed by atoms with E-state index in [1.807, 2.05) is 11.9 Å². The number of nitrogens with zero attached hydrogens (tertiary/aromatic N) is 1. The summed E-state index contributed by atoms with van der Waals surface area (Å²) in [7, 11) is 1.92. The molecule has 7 heteroatoms. The largest absolute Gasteiger partial charge is 0.482 e. The second-order valence-corrected chi connectivity index (χ2v) is 5.67. The highest BCUT2D eigenvalue weighted by Gasteiger charge is 2.22. The summed E-state index contributed by atoms with van der Waals surface area (Å²) >= 11 is 11.9. The predicted molar refractivity (Wildman–Crippen MR) is 87.9 cm³/mol. The van der Waals surface area contributed by atoms with E-state index in [-0.39, 0.29) is 24.9 Å². The van der Waals surface area contributed by atoms with Gasteiger partial charge in [0.1, 0.15) is 5.75 Å². The van der Waals surface area contributed by atoms with E-state index in [9.17, 15) is 4.79 Å². The third-order valence-corrected chi connectivity index (χ3v) is 3.97. The molecule has 0 saturated carbocycles. The molecule has 1 aromatic carbocycles. The Labute approximate surface area is 141 Å². The van der Waals surface area contributed by atoms with Gasteiger partial charge in [-0.15, -0.1) is 12.4 Å². The van der Waals surface area contributed by atoms with Crippen molar-refractivity contribution in [3.8, 4) is 5.75 Å². The van der Waals surface area contributed by atoms with E-state index in [2.05, 4.69) is 5.32 Å². The minimum atomic E-state index is -0.0269. The summed E-state index contributed by atoms with van der Waals surface area (Å²) in [5.74, 6) is 0.413. The zero-order valence-corrected chi connectivity index (χ0v) is 14.1. The van der Waals surface area contributed by atoms with Gasteiger partial charge in [-0.2, -0.15) is 0 Å². The molecule has 0 aliphatic carbocycles. The molecule has 1 N–H and O–H groups in total. The van der Waals surface area contributed by atoms with Gasteiger partial charge in [-0.3, -0.25) is 4.79 Å². The van der Waals surface area contributed by atoms with E-state index in [0.29, 0.717) is 21.8 Å². The van der Waals surface area contributed by atoms with Gasteiger partial charge in [0.15, 0.2) is 6.61 Å². The van der Waals surface area contributed by atoms with E-state index >= 15 is 0 Å². The third kappa shape index (κ3) is 5.22. The lowest BCUT2D eigenvalue weighted by Crippen LogP contribution is -2.48. The lowest BCUT2D eigenvalue weighted by Gasteiger charge is -2.32. The monoisotopic (exact) mass is 352 g/mol. The van der Waals surface area contributed by atoms with Crippen molar-refractivity contribution in [3.05, 3.63) is 28.2 Å². The highest BCUT2D eigenvalue weighted by atomic mass is 35.5. The van der Waals surface area contributed by atoms with E-state index in [4.69, 9.17) is 27.9 Å². The third-order valence-electron chi connectivity index (χ3n) is 3.43. The number of ether oxygens (including phenoxy) is 1. The Bertz CT molecular complexity index is 485. The van der Waals surface area contributed by atoms with Crippen molar-refractivity contribution in [3.63, 3.8) is 0 Å². The molecule has 4 nitrogen and oxygen atoms in total. The maximum atomic E-state index is 12.1. The van der Waals surface area contributed by atoms with Crippen LogP contribution in [0.15, 0.2) is 18.2 Å². The van der Waals surface area contributed by atoms with Crippen molar-refractivity contribution >= 4 is 41.5 Å². The number of piperidine rings is 1. The van der Waals surface area contributed by atoms with Crippen molar-refractivity contribution in [2.75, 3.05) is 26.7 Å². The van der Waals surface area contributed by atoms with Crippen LogP contribution in [0.25, 0.3) is 0 Å². The van der Waals surface area contributed by atoms with Gasteiger partial charge in [-0.05, 0) is 32.0 Å². The summed E-state index contributed by atoms with van der Waals surface area (Å²) in [6.07, 6.45) is 2.11. The topological polar surface area (TPSA) is 41.6 Å². The van der Waals surface area contributed by atoms with Gasteiger partial charge in [-0.1, -0.05) is 23.2 Å². The van der Waals surface area contributed by atoms with Crippen LogP contribution < -0.4 is 10.1 Å². The fourth-order valence-electron chi connectivity index (χ4n) is 2.26. The summed E-state index contributed by atoms with van der Waals surface area (Å²) in [6, 6.07) is 5.31. The molecule has 1 atom stereocenters. The molecule has 1 aromatic rings.